The van der Waals surface area contributed by atoms with Crippen LogP contribution in [0.15, 0.2) is 64.7 Å². The number of para-hydroxylation sites is 1. The van der Waals surface area contributed by atoms with Gasteiger partial charge in [0.05, 0.1) is 15.7 Å². The van der Waals surface area contributed by atoms with Crippen molar-refractivity contribution in [2.75, 3.05) is 13.1 Å². The lowest BCUT2D eigenvalue weighted by molar-refractivity contribution is 0.0421. The van der Waals surface area contributed by atoms with Gasteiger partial charge in [-0.2, -0.15) is 0 Å². The third kappa shape index (κ3) is 4.85. The number of oxime groups is 1. The smallest absolute Gasteiger partial charge is 0.255 e. The molecule has 0 radical (unpaired) electrons. The van der Waals surface area contributed by atoms with E-state index in [-0.39, 0.29) is 33.0 Å². The number of nitrogens with one attached hydrogen (secondary N) is 1. The van der Waals surface area contributed by atoms with Crippen molar-refractivity contribution in [1.82, 2.24) is 9.88 Å². The van der Waals surface area contributed by atoms with Gasteiger partial charge in [-0.1, -0.05) is 34.4 Å². The molecule has 9 heteroatoms. The van der Waals surface area contributed by atoms with Gasteiger partial charge in [0.2, 0.25) is 0 Å². The van der Waals surface area contributed by atoms with Gasteiger partial charge in [0.15, 0.2) is 0 Å². The van der Waals surface area contributed by atoms with Crippen molar-refractivity contribution < 1.29 is 13.6 Å². The zero-order valence-corrected chi connectivity index (χ0v) is 18.3. The Labute approximate surface area is 193 Å². The maximum absolute atomic E-state index is 14.7. The molecule has 4 rings (SSSR count). The summed E-state index contributed by atoms with van der Waals surface area (Å²) in [7, 11) is 0. The molecule has 1 N–H and O–H groups in total. The number of nitrogens with zero attached hydrogens (tertiary/aromatic N) is 2. The highest BCUT2D eigenvalue weighted by molar-refractivity contribution is 6.37. The molecule has 1 atom stereocenters. The Bertz CT molecular complexity index is 1200. The Morgan fingerprint density at radius 1 is 1.12 bits per heavy atom. The largest absolute Gasteiger partial charge is 0.391 e. The molecule has 1 aromatic heterocycles. The molecule has 0 saturated carbocycles. The van der Waals surface area contributed by atoms with Crippen LogP contribution in [-0.2, 0) is 4.84 Å². The summed E-state index contributed by atoms with van der Waals surface area (Å²) in [6.45, 7) is 1.50. The normalized spacial score (nSPS) is 16.8. The minimum absolute atomic E-state index is 0.0330. The van der Waals surface area contributed by atoms with Crippen LogP contribution < -0.4 is 10.9 Å². The van der Waals surface area contributed by atoms with Gasteiger partial charge in [0.25, 0.3) is 5.56 Å². The Kier molecular flexibility index (Phi) is 6.89. The lowest BCUT2D eigenvalue weighted by atomic mass is 10.0. The molecule has 2 heterocycles. The van der Waals surface area contributed by atoms with Gasteiger partial charge in [-0.05, 0) is 49.7 Å². The van der Waals surface area contributed by atoms with Gasteiger partial charge >= 0.3 is 0 Å². The minimum atomic E-state index is -0.803. The summed E-state index contributed by atoms with van der Waals surface area (Å²) in [5, 5.41) is 7.98. The second kappa shape index (κ2) is 9.81. The molecular weight excluding hydrogens is 459 g/mol. The molecule has 1 saturated heterocycles. The van der Waals surface area contributed by atoms with Gasteiger partial charge < -0.3 is 10.2 Å². The first-order valence-electron chi connectivity index (χ1n) is 10.0. The summed E-state index contributed by atoms with van der Waals surface area (Å²) in [6.07, 6.45) is 2.99. The van der Waals surface area contributed by atoms with E-state index >= 15 is 0 Å². The van der Waals surface area contributed by atoms with Crippen LogP contribution in [0, 0.1) is 11.6 Å². The molecule has 3 aromatic rings. The van der Waals surface area contributed by atoms with Crippen LogP contribution in [0.1, 0.15) is 24.0 Å². The van der Waals surface area contributed by atoms with E-state index in [0.717, 1.165) is 31.5 Å². The average Bonchev–Trinajstić information content (AvgIpc) is 2.77. The number of aromatic nitrogens is 1. The molecule has 0 bridgehead atoms. The molecular formula is C23H19Cl2F2N3O2. The van der Waals surface area contributed by atoms with Crippen molar-refractivity contribution in [2.45, 2.75) is 18.9 Å². The third-order valence-electron chi connectivity index (χ3n) is 5.09. The van der Waals surface area contributed by atoms with Gasteiger partial charge in [-0.3, -0.25) is 9.36 Å². The van der Waals surface area contributed by atoms with Crippen LogP contribution in [0.5, 0.6) is 0 Å². The summed E-state index contributed by atoms with van der Waals surface area (Å²) in [6, 6.07) is 10.9. The molecule has 0 aliphatic carbocycles. The van der Waals surface area contributed by atoms with E-state index in [1.54, 1.807) is 18.2 Å². The quantitative estimate of drug-likeness (QED) is 0.418. The number of pyridine rings is 1. The second-order valence-corrected chi connectivity index (χ2v) is 8.15. The van der Waals surface area contributed by atoms with E-state index < -0.39 is 11.6 Å². The van der Waals surface area contributed by atoms with Crippen molar-refractivity contribution in [1.29, 1.82) is 0 Å². The predicted octanol–water partition coefficient (Wildman–Crippen LogP) is 4.94. The van der Waals surface area contributed by atoms with Crippen molar-refractivity contribution in [3.63, 3.8) is 0 Å². The van der Waals surface area contributed by atoms with E-state index in [9.17, 15) is 13.6 Å². The standard InChI is InChI=1S/C23H19Cl2F2N3O2/c24-18-4-1-5-19(25)23(18)30-13-14(6-9-21(30)31)22(17-8-7-15(26)11-20(17)27)29-32-16-3-2-10-28-12-16/h1,4-9,11,13,16,28H,2-3,10,12H2/t16-/m1/s1. The second-order valence-electron chi connectivity index (χ2n) is 7.33. The first kappa shape index (κ1) is 22.5. The fourth-order valence-electron chi connectivity index (χ4n) is 3.50. The van der Waals surface area contributed by atoms with Crippen LogP contribution in [0.3, 0.4) is 0 Å². The Balaban J connectivity index is 1.83. The molecule has 0 spiro atoms. The van der Waals surface area contributed by atoms with Gasteiger partial charge in [-0.25, -0.2) is 8.78 Å². The van der Waals surface area contributed by atoms with Crippen molar-refractivity contribution >= 4 is 28.9 Å². The minimum Gasteiger partial charge on any atom is -0.391 e. The summed E-state index contributed by atoms with van der Waals surface area (Å²) < 4.78 is 29.5. The van der Waals surface area contributed by atoms with Crippen LogP contribution in [0.25, 0.3) is 5.69 Å². The number of halogens is 4. The molecule has 0 unspecified atom stereocenters. The van der Waals surface area contributed by atoms with Gasteiger partial charge in [0, 0.05) is 36.0 Å². The van der Waals surface area contributed by atoms with E-state index in [0.29, 0.717) is 17.8 Å². The SMILES string of the molecule is O=c1ccc(C(=NO[C@@H]2CCCNC2)c2ccc(F)cc2F)cn1-c1c(Cl)cccc1Cl. The average molecular weight is 478 g/mol. The Hall–Kier alpha value is -2.74. The fraction of sp³-hybridized carbons (Fsp3) is 0.217. The Morgan fingerprint density at radius 3 is 2.59 bits per heavy atom. The fourth-order valence-corrected chi connectivity index (χ4v) is 4.08. The van der Waals surface area contributed by atoms with Crippen LogP contribution in [-0.4, -0.2) is 29.5 Å². The first-order valence-corrected chi connectivity index (χ1v) is 10.8. The van der Waals surface area contributed by atoms with E-state index in [4.69, 9.17) is 28.0 Å². The molecule has 1 fully saturated rings. The highest BCUT2D eigenvalue weighted by atomic mass is 35.5. The van der Waals surface area contributed by atoms with E-state index in [2.05, 4.69) is 10.5 Å². The lowest BCUT2D eigenvalue weighted by Gasteiger charge is -2.21. The van der Waals surface area contributed by atoms with Crippen molar-refractivity contribution in [2.24, 2.45) is 5.16 Å². The number of benzene rings is 2. The van der Waals surface area contributed by atoms with Crippen LogP contribution in [0.4, 0.5) is 8.78 Å². The molecule has 5 nitrogen and oxygen atoms in total. The zero-order valence-electron chi connectivity index (χ0n) is 16.8. The van der Waals surface area contributed by atoms with Gasteiger partial charge in [0.1, 0.15) is 23.5 Å². The highest BCUT2D eigenvalue weighted by Crippen LogP contribution is 2.28. The topological polar surface area (TPSA) is 55.6 Å². The van der Waals surface area contributed by atoms with E-state index in [1.165, 1.54) is 29.0 Å². The number of hydrogen-bond donors (Lipinski definition) is 1. The number of hydrogen-bond acceptors (Lipinski definition) is 4. The molecule has 32 heavy (non-hydrogen) atoms. The predicted molar refractivity (Wildman–Crippen MR) is 121 cm³/mol. The maximum Gasteiger partial charge on any atom is 0.255 e. The molecule has 1 aliphatic heterocycles. The lowest BCUT2D eigenvalue weighted by Crippen LogP contribution is -2.34. The molecule has 0 amide bonds. The molecule has 1 aliphatic rings. The summed E-state index contributed by atoms with van der Waals surface area (Å²) in [4.78, 5) is 18.3. The number of piperidine rings is 1. The van der Waals surface area contributed by atoms with Gasteiger partial charge in [-0.15, -0.1) is 0 Å². The van der Waals surface area contributed by atoms with Crippen molar-refractivity contribution in [3.05, 3.63) is 97.9 Å². The third-order valence-corrected chi connectivity index (χ3v) is 5.70. The summed E-state index contributed by atoms with van der Waals surface area (Å²) in [5.74, 6) is -1.52. The monoisotopic (exact) mass is 477 g/mol. The van der Waals surface area contributed by atoms with Crippen LogP contribution in [0.2, 0.25) is 10.0 Å². The van der Waals surface area contributed by atoms with Crippen molar-refractivity contribution in [3.8, 4) is 5.69 Å². The first-order chi connectivity index (χ1) is 15.4. The highest BCUT2D eigenvalue weighted by Gasteiger charge is 2.19. The molecule has 2 aromatic carbocycles. The Morgan fingerprint density at radius 2 is 1.91 bits per heavy atom. The van der Waals surface area contributed by atoms with E-state index in [1.807, 2.05) is 0 Å². The maximum atomic E-state index is 14.7. The van der Waals surface area contributed by atoms with Crippen LogP contribution >= 0.6 is 23.2 Å². The number of rotatable bonds is 5. The molecule has 166 valence electrons. The zero-order chi connectivity index (χ0) is 22.7. The summed E-state index contributed by atoms with van der Waals surface area (Å²) >= 11 is 12.6. The summed E-state index contributed by atoms with van der Waals surface area (Å²) in [5.41, 5.74) is 0.421.